The first kappa shape index (κ1) is 11.6. The average molecular weight is 261 g/mol. The lowest BCUT2D eigenvalue weighted by molar-refractivity contribution is 0.671. The highest BCUT2D eigenvalue weighted by atomic mass is 35.5. The lowest BCUT2D eigenvalue weighted by Crippen LogP contribution is -2.23. The number of thioether (sulfide) groups is 1. The number of halogens is 2. The topological polar surface area (TPSA) is 41.5 Å². The van der Waals surface area contributed by atoms with Crippen molar-refractivity contribution in [1.29, 1.82) is 0 Å². The highest BCUT2D eigenvalue weighted by Gasteiger charge is 2.27. The Labute approximate surface area is 94.1 Å². The van der Waals surface area contributed by atoms with Gasteiger partial charge < -0.3 is 0 Å². The highest BCUT2D eigenvalue weighted by molar-refractivity contribution is 8.22. The molecule has 2 atom stereocenters. The normalized spacial score (nSPS) is 24.3. The second-order valence-corrected chi connectivity index (χ2v) is 6.58. The van der Waals surface area contributed by atoms with Crippen molar-refractivity contribution >= 4 is 50.8 Å². The monoisotopic (exact) mass is 260 g/mol. The molecule has 2 unspecified atom stereocenters. The van der Waals surface area contributed by atoms with Crippen molar-refractivity contribution in [2.75, 3.05) is 5.75 Å². The van der Waals surface area contributed by atoms with Crippen LogP contribution in [0.2, 0.25) is 0 Å². The fourth-order valence-corrected chi connectivity index (χ4v) is 3.54. The van der Waals surface area contributed by atoms with Gasteiger partial charge in [-0.1, -0.05) is 41.9 Å². The SMILES string of the molecule is CCCS(=O)C1NN=C(C(Cl)Cl)S1. The molecule has 0 aromatic rings. The van der Waals surface area contributed by atoms with E-state index in [4.69, 9.17) is 23.2 Å². The van der Waals surface area contributed by atoms with E-state index < -0.39 is 15.6 Å². The Balaban J connectivity index is 2.41. The van der Waals surface area contributed by atoms with Crippen molar-refractivity contribution in [3.8, 4) is 0 Å². The van der Waals surface area contributed by atoms with Crippen molar-refractivity contribution in [1.82, 2.24) is 5.43 Å². The van der Waals surface area contributed by atoms with Crippen LogP contribution in [0.15, 0.2) is 5.10 Å². The number of nitrogens with one attached hydrogen (secondary N) is 1. The molecule has 0 saturated carbocycles. The van der Waals surface area contributed by atoms with Gasteiger partial charge >= 0.3 is 0 Å². The average Bonchev–Trinajstić information content (AvgIpc) is 2.52. The van der Waals surface area contributed by atoms with Crippen molar-refractivity contribution in [2.45, 2.75) is 22.9 Å². The molecule has 76 valence electrons. The van der Waals surface area contributed by atoms with Crippen LogP contribution in [-0.4, -0.2) is 24.5 Å². The largest absolute Gasteiger partial charge is 0.283 e. The minimum Gasteiger partial charge on any atom is -0.283 e. The summed E-state index contributed by atoms with van der Waals surface area (Å²) in [6.07, 6.45) is 0.895. The third-order valence-corrected chi connectivity index (χ3v) is 5.23. The van der Waals surface area contributed by atoms with Crippen LogP contribution in [0, 0.1) is 0 Å². The molecular formula is C6H10Cl2N2OS2. The number of hydrogen-bond acceptors (Lipinski definition) is 4. The van der Waals surface area contributed by atoms with Crippen molar-refractivity contribution in [3.63, 3.8) is 0 Å². The number of alkyl halides is 2. The van der Waals surface area contributed by atoms with E-state index in [-0.39, 0.29) is 4.71 Å². The van der Waals surface area contributed by atoms with E-state index in [1.165, 1.54) is 11.8 Å². The molecule has 0 saturated heterocycles. The molecule has 1 heterocycles. The quantitative estimate of drug-likeness (QED) is 0.786. The number of nitrogens with zero attached hydrogens (tertiary/aromatic N) is 1. The molecule has 0 aromatic heterocycles. The lowest BCUT2D eigenvalue weighted by atomic mass is 10.6. The molecule has 0 amide bonds. The van der Waals surface area contributed by atoms with Crippen LogP contribution < -0.4 is 5.43 Å². The summed E-state index contributed by atoms with van der Waals surface area (Å²) in [7, 11) is -0.913. The van der Waals surface area contributed by atoms with Gasteiger partial charge in [-0.3, -0.25) is 9.63 Å². The molecule has 0 aromatic carbocycles. The summed E-state index contributed by atoms with van der Waals surface area (Å²) in [4.78, 5) is -0.624. The van der Waals surface area contributed by atoms with Crippen LogP contribution >= 0.6 is 35.0 Å². The zero-order valence-corrected chi connectivity index (χ0v) is 10.1. The second-order valence-electron chi connectivity index (χ2n) is 2.41. The van der Waals surface area contributed by atoms with E-state index in [9.17, 15) is 4.21 Å². The third kappa shape index (κ3) is 3.31. The fraction of sp³-hybridized carbons (Fsp3) is 0.833. The molecule has 1 aliphatic rings. The summed E-state index contributed by atoms with van der Waals surface area (Å²) in [5, 5.41) is 4.49. The van der Waals surface area contributed by atoms with Gasteiger partial charge in [-0.25, -0.2) is 0 Å². The Morgan fingerprint density at radius 2 is 2.46 bits per heavy atom. The zero-order valence-electron chi connectivity index (χ0n) is 7.00. The molecule has 0 spiro atoms. The fourth-order valence-electron chi connectivity index (χ4n) is 0.800. The molecule has 0 fully saturated rings. The first-order valence-corrected chi connectivity index (χ1v) is 6.93. The first-order valence-electron chi connectivity index (χ1n) is 3.80. The number of hydrogen-bond donors (Lipinski definition) is 1. The van der Waals surface area contributed by atoms with Gasteiger partial charge in [0.25, 0.3) is 0 Å². The third-order valence-electron chi connectivity index (χ3n) is 1.34. The Morgan fingerprint density at radius 1 is 1.77 bits per heavy atom. The minimum absolute atomic E-state index is 0.185. The molecule has 3 nitrogen and oxygen atoms in total. The van der Waals surface area contributed by atoms with Crippen molar-refractivity contribution < 1.29 is 4.21 Å². The second kappa shape index (κ2) is 5.44. The Hall–Kier alpha value is 0.550. The minimum atomic E-state index is -0.913. The van der Waals surface area contributed by atoms with Gasteiger partial charge in [0.05, 0.1) is 10.8 Å². The summed E-state index contributed by atoms with van der Waals surface area (Å²) < 4.78 is 11.3. The van der Waals surface area contributed by atoms with Crippen LogP contribution in [0.5, 0.6) is 0 Å². The van der Waals surface area contributed by atoms with E-state index in [0.29, 0.717) is 10.8 Å². The first-order chi connectivity index (χ1) is 6.15. The molecule has 0 radical (unpaired) electrons. The van der Waals surface area contributed by atoms with Gasteiger partial charge in [-0.2, -0.15) is 5.10 Å². The van der Waals surface area contributed by atoms with Gasteiger partial charge in [0.1, 0.15) is 5.04 Å². The summed E-state index contributed by atoms with van der Waals surface area (Å²) in [5.74, 6) is 0.669. The zero-order chi connectivity index (χ0) is 9.84. The van der Waals surface area contributed by atoms with Crippen LogP contribution in [0.3, 0.4) is 0 Å². The molecule has 1 N–H and O–H groups in total. The van der Waals surface area contributed by atoms with Crippen LogP contribution in [0.4, 0.5) is 0 Å². The van der Waals surface area contributed by atoms with Gasteiger partial charge in [-0.15, -0.1) is 0 Å². The maximum Gasteiger partial charge on any atom is 0.170 e. The Morgan fingerprint density at radius 3 is 2.92 bits per heavy atom. The molecule has 1 aliphatic heterocycles. The van der Waals surface area contributed by atoms with Crippen LogP contribution in [0.1, 0.15) is 13.3 Å². The summed E-state index contributed by atoms with van der Waals surface area (Å²) in [5.41, 5.74) is 2.75. The van der Waals surface area contributed by atoms with E-state index in [1.54, 1.807) is 0 Å². The van der Waals surface area contributed by atoms with Gasteiger partial charge in [0, 0.05) is 5.75 Å². The predicted octanol–water partition coefficient (Wildman–Crippen LogP) is 1.88. The number of rotatable bonds is 4. The van der Waals surface area contributed by atoms with E-state index in [0.717, 1.165) is 6.42 Å². The van der Waals surface area contributed by atoms with Crippen molar-refractivity contribution in [2.24, 2.45) is 5.10 Å². The lowest BCUT2D eigenvalue weighted by Gasteiger charge is -2.07. The predicted molar refractivity (Wildman–Crippen MR) is 60.7 cm³/mol. The van der Waals surface area contributed by atoms with Gasteiger partial charge in [-0.05, 0) is 6.42 Å². The molecule has 0 aliphatic carbocycles. The van der Waals surface area contributed by atoms with Crippen molar-refractivity contribution in [3.05, 3.63) is 0 Å². The molecule has 1 rings (SSSR count). The van der Waals surface area contributed by atoms with Gasteiger partial charge in [0.15, 0.2) is 9.54 Å². The number of hydrazone groups is 1. The summed E-state index contributed by atoms with van der Waals surface area (Å²) in [6, 6.07) is 0. The molecule has 13 heavy (non-hydrogen) atoms. The summed E-state index contributed by atoms with van der Waals surface area (Å²) in [6.45, 7) is 1.99. The molecular weight excluding hydrogens is 251 g/mol. The maximum absolute atomic E-state index is 11.5. The Kier molecular flexibility index (Phi) is 4.86. The Bertz CT molecular complexity index is 235. The molecule has 0 bridgehead atoms. The van der Waals surface area contributed by atoms with E-state index in [2.05, 4.69) is 10.5 Å². The smallest absolute Gasteiger partial charge is 0.170 e. The van der Waals surface area contributed by atoms with Crippen LogP contribution in [0.25, 0.3) is 0 Å². The highest BCUT2D eigenvalue weighted by Crippen LogP contribution is 2.26. The van der Waals surface area contributed by atoms with Crippen LogP contribution in [-0.2, 0) is 10.8 Å². The summed E-state index contributed by atoms with van der Waals surface area (Å²) >= 11 is 12.6. The maximum atomic E-state index is 11.5. The molecule has 7 heteroatoms. The van der Waals surface area contributed by atoms with Gasteiger partial charge in [0.2, 0.25) is 0 Å². The van der Waals surface area contributed by atoms with E-state index >= 15 is 0 Å². The van der Waals surface area contributed by atoms with E-state index in [1.807, 2.05) is 6.92 Å². The standard InChI is InChI=1S/C6H10Cl2N2OS2/c1-2-3-13(11)6-10-9-5(12-6)4(7)8/h4,6,10H,2-3H2,1H3.